The number of nitrogens with zero attached hydrogens (tertiary/aromatic N) is 1. The summed E-state index contributed by atoms with van der Waals surface area (Å²) in [7, 11) is 0. The minimum Gasteiger partial charge on any atom is -0.326 e. The Labute approximate surface area is 128 Å². The minimum absolute atomic E-state index is 0.114. The molecule has 0 atom stereocenters. The maximum Gasteiger partial charge on any atom is 0.0962 e. The molecule has 0 spiro atoms. The van der Waals surface area contributed by atoms with Gasteiger partial charge in [0.25, 0.3) is 0 Å². The molecule has 2 nitrogen and oxygen atoms in total. The summed E-state index contributed by atoms with van der Waals surface area (Å²) in [4.78, 5) is 6.28. The Morgan fingerprint density at radius 3 is 2.30 bits per heavy atom. The zero-order chi connectivity index (χ0) is 14.8. The Kier molecular flexibility index (Phi) is 5.25. The highest BCUT2D eigenvalue weighted by Gasteiger charge is 2.28. The van der Waals surface area contributed by atoms with Gasteiger partial charge in [-0.1, -0.05) is 40.5 Å². The van der Waals surface area contributed by atoms with Crippen LogP contribution in [0.5, 0.6) is 0 Å². The predicted octanol–water partition coefficient (Wildman–Crippen LogP) is 4.97. The molecule has 1 aliphatic carbocycles. The quantitative estimate of drug-likeness (QED) is 0.851. The average Bonchev–Trinajstić information content (AvgIpc) is 2.84. The van der Waals surface area contributed by atoms with E-state index in [0.717, 1.165) is 5.92 Å². The molecule has 0 unspecified atom stereocenters. The van der Waals surface area contributed by atoms with Crippen molar-refractivity contribution in [1.82, 2.24) is 4.98 Å². The van der Waals surface area contributed by atoms with E-state index in [1.807, 2.05) is 11.3 Å². The molecule has 1 aromatic rings. The van der Waals surface area contributed by atoms with E-state index >= 15 is 0 Å². The van der Waals surface area contributed by atoms with Crippen molar-refractivity contribution in [3.05, 3.63) is 15.6 Å². The van der Waals surface area contributed by atoms with Crippen LogP contribution in [0.25, 0.3) is 0 Å². The molecule has 0 amide bonds. The Hall–Kier alpha value is -0.410. The van der Waals surface area contributed by atoms with Crippen molar-refractivity contribution in [3.8, 4) is 0 Å². The number of nitrogens with two attached hydrogens (primary N) is 1. The first kappa shape index (κ1) is 16.0. The number of hydrogen-bond acceptors (Lipinski definition) is 3. The molecule has 3 heteroatoms. The van der Waals surface area contributed by atoms with Crippen molar-refractivity contribution in [2.45, 2.75) is 84.1 Å². The maximum absolute atomic E-state index is 5.92. The molecule has 114 valence electrons. The van der Waals surface area contributed by atoms with Gasteiger partial charge < -0.3 is 5.73 Å². The Morgan fingerprint density at radius 2 is 1.85 bits per heavy atom. The maximum atomic E-state index is 5.92. The van der Waals surface area contributed by atoms with Gasteiger partial charge in [0.2, 0.25) is 0 Å². The van der Waals surface area contributed by atoms with Crippen molar-refractivity contribution in [2.24, 2.45) is 11.7 Å². The molecule has 0 radical (unpaired) electrons. The van der Waals surface area contributed by atoms with Crippen LogP contribution in [0, 0.1) is 5.92 Å². The van der Waals surface area contributed by atoms with Gasteiger partial charge in [-0.15, -0.1) is 11.3 Å². The summed E-state index contributed by atoms with van der Waals surface area (Å²) in [5.74, 6) is 1.65. The van der Waals surface area contributed by atoms with E-state index in [1.54, 1.807) is 0 Å². The summed E-state index contributed by atoms with van der Waals surface area (Å²) >= 11 is 1.87. The third-order valence-electron chi connectivity index (χ3n) is 4.50. The molecule has 1 heterocycles. The minimum atomic E-state index is 0.114. The smallest absolute Gasteiger partial charge is 0.0962 e. The van der Waals surface area contributed by atoms with E-state index in [1.165, 1.54) is 54.1 Å². The Balaban J connectivity index is 2.09. The second kappa shape index (κ2) is 6.57. The molecule has 0 aromatic carbocycles. The van der Waals surface area contributed by atoms with E-state index in [0.29, 0.717) is 12.5 Å². The van der Waals surface area contributed by atoms with Crippen LogP contribution in [0.4, 0.5) is 0 Å². The molecule has 0 aliphatic heterocycles. The number of aromatic nitrogens is 1. The highest BCUT2D eigenvalue weighted by molar-refractivity contribution is 7.11. The molecule has 2 rings (SSSR count). The first-order chi connectivity index (χ1) is 9.45. The summed E-state index contributed by atoms with van der Waals surface area (Å²) in [6.07, 6.45) is 8.17. The number of hydrogen-bond donors (Lipinski definition) is 1. The van der Waals surface area contributed by atoms with Gasteiger partial charge in [-0.2, -0.15) is 0 Å². The lowest BCUT2D eigenvalue weighted by molar-refractivity contribution is 0.307. The Bertz CT molecular complexity index is 423. The zero-order valence-corrected chi connectivity index (χ0v) is 14.4. The molecule has 2 N–H and O–H groups in total. The number of thiazole rings is 1. The van der Waals surface area contributed by atoms with Crippen LogP contribution >= 0.6 is 11.3 Å². The Morgan fingerprint density at radius 1 is 1.20 bits per heavy atom. The molecule has 1 aromatic heterocycles. The third kappa shape index (κ3) is 3.62. The van der Waals surface area contributed by atoms with Crippen LogP contribution in [0.3, 0.4) is 0 Å². The topological polar surface area (TPSA) is 38.9 Å². The standard InChI is InChI=1S/C17H30N2S/c1-5-6-12-7-9-13(10-8-12)16-19-15(17(2,3)4)14(11-18)20-16/h12-13H,5-11,18H2,1-4H3. The van der Waals surface area contributed by atoms with Crippen molar-refractivity contribution < 1.29 is 0 Å². The third-order valence-corrected chi connectivity index (χ3v) is 5.74. The fourth-order valence-corrected chi connectivity index (χ4v) is 4.70. The van der Waals surface area contributed by atoms with Crippen LogP contribution in [-0.2, 0) is 12.0 Å². The molecular weight excluding hydrogens is 264 g/mol. The van der Waals surface area contributed by atoms with Gasteiger partial charge in [0.1, 0.15) is 0 Å². The second-order valence-corrected chi connectivity index (χ2v) is 8.40. The largest absolute Gasteiger partial charge is 0.326 e. The molecular formula is C17H30N2S. The van der Waals surface area contributed by atoms with Gasteiger partial charge in [-0.3, -0.25) is 0 Å². The van der Waals surface area contributed by atoms with Crippen LogP contribution in [0.1, 0.15) is 87.7 Å². The van der Waals surface area contributed by atoms with E-state index in [9.17, 15) is 0 Å². The molecule has 1 saturated carbocycles. The summed E-state index contributed by atoms with van der Waals surface area (Å²) in [6.45, 7) is 9.65. The van der Waals surface area contributed by atoms with Crippen LogP contribution in [0.15, 0.2) is 0 Å². The summed E-state index contributed by atoms with van der Waals surface area (Å²) in [6, 6.07) is 0. The fraction of sp³-hybridized carbons (Fsp3) is 0.824. The average molecular weight is 295 g/mol. The highest BCUT2D eigenvalue weighted by Crippen LogP contribution is 2.41. The molecule has 1 aliphatic rings. The van der Waals surface area contributed by atoms with Crippen LogP contribution in [0.2, 0.25) is 0 Å². The summed E-state index contributed by atoms with van der Waals surface area (Å²) in [5.41, 5.74) is 7.27. The zero-order valence-electron chi connectivity index (χ0n) is 13.5. The van der Waals surface area contributed by atoms with Crippen LogP contribution in [-0.4, -0.2) is 4.98 Å². The van der Waals surface area contributed by atoms with Crippen molar-refractivity contribution in [1.29, 1.82) is 0 Å². The lowest BCUT2D eigenvalue weighted by Gasteiger charge is -2.27. The van der Waals surface area contributed by atoms with E-state index in [-0.39, 0.29) is 5.41 Å². The molecule has 20 heavy (non-hydrogen) atoms. The van der Waals surface area contributed by atoms with Gasteiger partial charge in [-0.25, -0.2) is 4.98 Å². The lowest BCUT2D eigenvalue weighted by atomic mass is 9.80. The molecule has 0 bridgehead atoms. The van der Waals surface area contributed by atoms with Gasteiger partial charge in [0.15, 0.2) is 0 Å². The van der Waals surface area contributed by atoms with Crippen molar-refractivity contribution in [3.63, 3.8) is 0 Å². The van der Waals surface area contributed by atoms with E-state index in [4.69, 9.17) is 10.7 Å². The lowest BCUT2D eigenvalue weighted by Crippen LogP contribution is -2.16. The highest BCUT2D eigenvalue weighted by atomic mass is 32.1. The van der Waals surface area contributed by atoms with Crippen molar-refractivity contribution >= 4 is 11.3 Å². The van der Waals surface area contributed by atoms with Gasteiger partial charge in [0, 0.05) is 22.8 Å². The van der Waals surface area contributed by atoms with Gasteiger partial charge in [0.05, 0.1) is 10.7 Å². The fourth-order valence-electron chi connectivity index (χ4n) is 3.38. The van der Waals surface area contributed by atoms with Gasteiger partial charge >= 0.3 is 0 Å². The monoisotopic (exact) mass is 294 g/mol. The first-order valence-corrected chi connectivity index (χ1v) is 8.97. The first-order valence-electron chi connectivity index (χ1n) is 8.15. The van der Waals surface area contributed by atoms with Gasteiger partial charge in [-0.05, 0) is 31.6 Å². The molecule has 0 saturated heterocycles. The summed E-state index contributed by atoms with van der Waals surface area (Å²) in [5, 5.41) is 1.35. The van der Waals surface area contributed by atoms with E-state index < -0.39 is 0 Å². The SMILES string of the molecule is CCCC1CCC(c2nc(C(C)(C)C)c(CN)s2)CC1. The normalized spacial score (nSPS) is 24.1. The predicted molar refractivity (Wildman–Crippen MR) is 88.3 cm³/mol. The van der Waals surface area contributed by atoms with E-state index in [2.05, 4.69) is 27.7 Å². The molecule has 1 fully saturated rings. The summed E-state index contributed by atoms with van der Waals surface area (Å²) < 4.78 is 0. The number of rotatable bonds is 4. The van der Waals surface area contributed by atoms with Crippen LogP contribution < -0.4 is 5.73 Å². The second-order valence-electron chi connectivity index (χ2n) is 7.28. The van der Waals surface area contributed by atoms with Crippen molar-refractivity contribution in [2.75, 3.05) is 0 Å².